The van der Waals surface area contributed by atoms with E-state index in [0.29, 0.717) is 11.0 Å². The van der Waals surface area contributed by atoms with E-state index in [-0.39, 0.29) is 11.3 Å². The molecule has 23 heavy (non-hydrogen) atoms. The van der Waals surface area contributed by atoms with Gasteiger partial charge in [-0.05, 0) is 24.3 Å². The van der Waals surface area contributed by atoms with Crippen LogP contribution < -0.4 is 5.32 Å². The number of hydrogen-bond acceptors (Lipinski definition) is 3. The standard InChI is InChI=1S/C16H10F3N3O/c17-16(18,19)11-5-1-2-6-12(11)22-15(23)10-4-3-7-13-14(10)21-9-8-20-13/h1-9H,(H,22,23). The van der Waals surface area contributed by atoms with Gasteiger partial charge in [0.25, 0.3) is 5.91 Å². The van der Waals surface area contributed by atoms with Crippen LogP contribution in [-0.2, 0) is 6.18 Å². The van der Waals surface area contributed by atoms with Crippen LogP contribution in [0.15, 0.2) is 54.9 Å². The summed E-state index contributed by atoms with van der Waals surface area (Å²) in [7, 11) is 0. The molecule has 1 N–H and O–H groups in total. The molecule has 1 heterocycles. The number of nitrogens with one attached hydrogen (secondary N) is 1. The Kier molecular flexibility index (Phi) is 3.69. The van der Waals surface area contributed by atoms with E-state index in [9.17, 15) is 18.0 Å². The van der Waals surface area contributed by atoms with Gasteiger partial charge < -0.3 is 5.32 Å². The molecule has 116 valence electrons. The minimum absolute atomic E-state index is 0.160. The van der Waals surface area contributed by atoms with Crippen molar-refractivity contribution in [1.82, 2.24) is 9.97 Å². The van der Waals surface area contributed by atoms with Crippen molar-refractivity contribution in [1.29, 1.82) is 0 Å². The molecule has 0 unspecified atom stereocenters. The molecule has 0 aliphatic rings. The SMILES string of the molecule is O=C(Nc1ccccc1C(F)(F)F)c1cccc2nccnc12. The number of alkyl halides is 3. The normalized spacial score (nSPS) is 11.4. The molecular weight excluding hydrogens is 307 g/mol. The summed E-state index contributed by atoms with van der Waals surface area (Å²) in [6.07, 6.45) is -1.66. The zero-order chi connectivity index (χ0) is 16.4. The summed E-state index contributed by atoms with van der Waals surface area (Å²) >= 11 is 0. The van der Waals surface area contributed by atoms with Gasteiger partial charge in [-0.1, -0.05) is 18.2 Å². The molecule has 2 aromatic carbocycles. The summed E-state index contributed by atoms with van der Waals surface area (Å²) in [5, 5.41) is 2.30. The van der Waals surface area contributed by atoms with E-state index < -0.39 is 17.6 Å². The van der Waals surface area contributed by atoms with Crippen LogP contribution in [0.25, 0.3) is 11.0 Å². The second-order valence-electron chi connectivity index (χ2n) is 4.73. The fraction of sp³-hybridized carbons (Fsp3) is 0.0625. The van der Waals surface area contributed by atoms with Gasteiger partial charge >= 0.3 is 6.18 Å². The van der Waals surface area contributed by atoms with Crippen LogP contribution in [0.1, 0.15) is 15.9 Å². The Labute approximate surface area is 129 Å². The molecule has 0 atom stereocenters. The molecule has 3 rings (SSSR count). The van der Waals surface area contributed by atoms with E-state index >= 15 is 0 Å². The number of nitrogens with zero attached hydrogens (tertiary/aromatic N) is 2. The van der Waals surface area contributed by atoms with Crippen molar-refractivity contribution < 1.29 is 18.0 Å². The van der Waals surface area contributed by atoms with Crippen LogP contribution in [0.2, 0.25) is 0 Å². The summed E-state index contributed by atoms with van der Waals surface area (Å²) < 4.78 is 38.9. The second kappa shape index (κ2) is 5.68. The van der Waals surface area contributed by atoms with Crippen molar-refractivity contribution in [2.45, 2.75) is 6.18 Å². The maximum Gasteiger partial charge on any atom is 0.418 e. The lowest BCUT2D eigenvalue weighted by atomic mass is 10.1. The third-order valence-corrected chi connectivity index (χ3v) is 3.22. The molecule has 1 aromatic heterocycles. The highest BCUT2D eigenvalue weighted by Crippen LogP contribution is 2.34. The van der Waals surface area contributed by atoms with Crippen LogP contribution >= 0.6 is 0 Å². The highest BCUT2D eigenvalue weighted by atomic mass is 19.4. The molecule has 1 amide bonds. The van der Waals surface area contributed by atoms with Gasteiger partial charge in [-0.25, -0.2) is 0 Å². The largest absolute Gasteiger partial charge is 0.418 e. The lowest BCUT2D eigenvalue weighted by molar-refractivity contribution is -0.136. The van der Waals surface area contributed by atoms with E-state index in [4.69, 9.17) is 0 Å². The first kappa shape index (κ1) is 15.0. The number of amides is 1. The predicted octanol–water partition coefficient (Wildman–Crippen LogP) is 3.90. The number of carbonyl (C=O) groups is 1. The van der Waals surface area contributed by atoms with E-state index in [1.165, 1.54) is 36.7 Å². The van der Waals surface area contributed by atoms with Gasteiger partial charge in [0.15, 0.2) is 0 Å². The van der Waals surface area contributed by atoms with Crippen molar-refractivity contribution >= 4 is 22.6 Å². The quantitative estimate of drug-likeness (QED) is 0.780. The van der Waals surface area contributed by atoms with Crippen LogP contribution in [0, 0.1) is 0 Å². The number of halogens is 3. The van der Waals surface area contributed by atoms with E-state index in [2.05, 4.69) is 15.3 Å². The van der Waals surface area contributed by atoms with Crippen LogP contribution in [-0.4, -0.2) is 15.9 Å². The minimum atomic E-state index is -4.55. The molecule has 0 saturated carbocycles. The predicted molar refractivity (Wildman–Crippen MR) is 78.9 cm³/mol. The fourth-order valence-electron chi connectivity index (χ4n) is 2.20. The third-order valence-electron chi connectivity index (χ3n) is 3.22. The third kappa shape index (κ3) is 2.98. The lowest BCUT2D eigenvalue weighted by Gasteiger charge is -2.13. The fourth-order valence-corrected chi connectivity index (χ4v) is 2.20. The highest BCUT2D eigenvalue weighted by Gasteiger charge is 2.33. The number of carbonyl (C=O) groups excluding carboxylic acids is 1. The highest BCUT2D eigenvalue weighted by molar-refractivity contribution is 6.11. The van der Waals surface area contributed by atoms with Gasteiger partial charge in [-0.3, -0.25) is 14.8 Å². The summed E-state index contributed by atoms with van der Waals surface area (Å²) in [5.41, 5.74) is -0.223. The smallest absolute Gasteiger partial charge is 0.321 e. The molecule has 0 radical (unpaired) electrons. The molecule has 0 aliphatic carbocycles. The maximum atomic E-state index is 13.0. The molecule has 0 fully saturated rings. The number of benzene rings is 2. The molecule has 0 spiro atoms. The van der Waals surface area contributed by atoms with Crippen molar-refractivity contribution in [3.63, 3.8) is 0 Å². The average Bonchev–Trinajstić information content (AvgIpc) is 2.54. The minimum Gasteiger partial charge on any atom is -0.321 e. The number of anilines is 1. The van der Waals surface area contributed by atoms with Crippen molar-refractivity contribution in [2.24, 2.45) is 0 Å². The molecule has 4 nitrogen and oxygen atoms in total. The first-order valence-corrected chi connectivity index (χ1v) is 6.64. The maximum absolute atomic E-state index is 13.0. The van der Waals surface area contributed by atoms with E-state index in [0.717, 1.165) is 6.07 Å². The molecule has 0 aliphatic heterocycles. The monoisotopic (exact) mass is 317 g/mol. The molecular formula is C16H10F3N3O. The topological polar surface area (TPSA) is 54.9 Å². The average molecular weight is 317 g/mol. The number of fused-ring (bicyclic) bond motifs is 1. The van der Waals surface area contributed by atoms with E-state index in [1.54, 1.807) is 12.1 Å². The number of aromatic nitrogens is 2. The zero-order valence-corrected chi connectivity index (χ0v) is 11.6. The van der Waals surface area contributed by atoms with Gasteiger partial charge in [-0.15, -0.1) is 0 Å². The Bertz CT molecular complexity index is 872. The van der Waals surface area contributed by atoms with Crippen molar-refractivity contribution in [2.75, 3.05) is 5.32 Å². The van der Waals surface area contributed by atoms with Crippen molar-refractivity contribution in [3.05, 3.63) is 66.0 Å². The van der Waals surface area contributed by atoms with Gasteiger partial charge in [0.05, 0.1) is 22.3 Å². The molecule has 0 saturated heterocycles. The van der Waals surface area contributed by atoms with Gasteiger partial charge in [-0.2, -0.15) is 13.2 Å². The Morgan fingerprint density at radius 3 is 2.48 bits per heavy atom. The van der Waals surface area contributed by atoms with Gasteiger partial charge in [0.2, 0.25) is 0 Å². The van der Waals surface area contributed by atoms with Crippen LogP contribution in [0.5, 0.6) is 0 Å². The van der Waals surface area contributed by atoms with Crippen molar-refractivity contribution in [3.8, 4) is 0 Å². The Hall–Kier alpha value is -2.96. The number of rotatable bonds is 2. The Balaban J connectivity index is 2.00. The number of para-hydroxylation sites is 2. The molecule has 3 aromatic rings. The van der Waals surface area contributed by atoms with Crippen LogP contribution in [0.3, 0.4) is 0 Å². The lowest BCUT2D eigenvalue weighted by Crippen LogP contribution is -2.17. The van der Waals surface area contributed by atoms with Crippen LogP contribution in [0.4, 0.5) is 18.9 Å². The number of hydrogen-bond donors (Lipinski definition) is 1. The van der Waals surface area contributed by atoms with Gasteiger partial charge in [0.1, 0.15) is 5.52 Å². The first-order chi connectivity index (χ1) is 11.0. The summed E-state index contributed by atoms with van der Waals surface area (Å²) in [6, 6.07) is 9.57. The summed E-state index contributed by atoms with van der Waals surface area (Å²) in [5.74, 6) is -0.673. The summed E-state index contributed by atoms with van der Waals surface area (Å²) in [4.78, 5) is 20.5. The second-order valence-corrected chi connectivity index (χ2v) is 4.73. The van der Waals surface area contributed by atoms with Gasteiger partial charge in [0, 0.05) is 12.4 Å². The zero-order valence-electron chi connectivity index (χ0n) is 11.6. The first-order valence-electron chi connectivity index (χ1n) is 6.64. The molecule has 0 bridgehead atoms. The Morgan fingerprint density at radius 2 is 1.70 bits per heavy atom. The Morgan fingerprint density at radius 1 is 0.957 bits per heavy atom. The molecule has 7 heteroatoms. The summed E-state index contributed by atoms with van der Waals surface area (Å²) in [6.45, 7) is 0. The van der Waals surface area contributed by atoms with E-state index in [1.807, 2.05) is 0 Å².